The van der Waals surface area contributed by atoms with Gasteiger partial charge in [-0.2, -0.15) is 0 Å². The summed E-state index contributed by atoms with van der Waals surface area (Å²) in [5.74, 6) is -0.702. The van der Waals surface area contributed by atoms with Crippen molar-refractivity contribution in [2.24, 2.45) is 0 Å². The highest BCUT2D eigenvalue weighted by molar-refractivity contribution is 5.94. The summed E-state index contributed by atoms with van der Waals surface area (Å²) in [6, 6.07) is 20.7. The summed E-state index contributed by atoms with van der Waals surface area (Å²) in [7, 11) is 0. The van der Waals surface area contributed by atoms with Crippen molar-refractivity contribution in [3.63, 3.8) is 0 Å². The minimum Gasteiger partial charge on any atom is -0.444 e. The van der Waals surface area contributed by atoms with E-state index >= 15 is 0 Å². The van der Waals surface area contributed by atoms with Gasteiger partial charge < -0.3 is 25.3 Å². The number of hydrogen-bond acceptors (Lipinski definition) is 5. The van der Waals surface area contributed by atoms with Crippen LogP contribution >= 0.6 is 0 Å². The van der Waals surface area contributed by atoms with Crippen LogP contribution < -0.4 is 16.3 Å². The Morgan fingerprint density at radius 2 is 1.59 bits per heavy atom. The number of nitrogens with zero attached hydrogens (tertiary/aromatic N) is 2. The molecular weight excluding hydrogens is 558 g/mol. The van der Waals surface area contributed by atoms with Crippen LogP contribution in [0, 0.1) is 0 Å². The quantitative estimate of drug-likeness (QED) is 0.285. The molecule has 4 aromatic rings. The van der Waals surface area contributed by atoms with Crippen molar-refractivity contribution < 1.29 is 19.1 Å². The van der Waals surface area contributed by atoms with Gasteiger partial charge in [0.15, 0.2) is 0 Å². The molecule has 44 heavy (non-hydrogen) atoms. The first-order valence-corrected chi connectivity index (χ1v) is 15.1. The number of amides is 3. The van der Waals surface area contributed by atoms with Gasteiger partial charge in [0.25, 0.3) is 0 Å². The number of para-hydroxylation sites is 2. The van der Waals surface area contributed by atoms with Gasteiger partial charge in [-0.1, -0.05) is 54.6 Å². The van der Waals surface area contributed by atoms with E-state index in [1.54, 1.807) is 44.1 Å². The summed E-state index contributed by atoms with van der Waals surface area (Å²) in [6.45, 7) is 9.28. The van der Waals surface area contributed by atoms with E-state index in [0.717, 1.165) is 27.4 Å². The smallest absolute Gasteiger partial charge is 0.408 e. The number of aromatic nitrogens is 2. The second-order valence-electron chi connectivity index (χ2n) is 13.0. The Hall–Kier alpha value is -4.60. The number of ether oxygens (including phenoxy) is 1. The average Bonchev–Trinajstić information content (AvgIpc) is 3.30. The molecule has 0 unspecified atom stereocenters. The average molecular weight is 600 g/mol. The second kappa shape index (κ2) is 12.2. The molecule has 1 fully saturated rings. The number of rotatable bonds is 7. The molecule has 0 bridgehead atoms. The fraction of sp³-hybridized carbons (Fsp3) is 0.412. The van der Waals surface area contributed by atoms with Crippen molar-refractivity contribution in [3.05, 3.63) is 82.8 Å². The Kier molecular flexibility index (Phi) is 8.54. The third-order valence-corrected chi connectivity index (χ3v) is 8.00. The number of carbonyl (C=O) groups is 3. The molecule has 3 N–H and O–H groups in total. The van der Waals surface area contributed by atoms with Crippen LogP contribution in [0.25, 0.3) is 21.8 Å². The molecule has 2 heterocycles. The van der Waals surface area contributed by atoms with Crippen molar-refractivity contribution in [2.75, 3.05) is 13.1 Å². The summed E-state index contributed by atoms with van der Waals surface area (Å²) >= 11 is 0. The summed E-state index contributed by atoms with van der Waals surface area (Å²) in [5.41, 5.74) is 0.320. The van der Waals surface area contributed by atoms with Gasteiger partial charge in [-0.25, -0.2) is 9.59 Å². The number of imidazole rings is 1. The van der Waals surface area contributed by atoms with Crippen LogP contribution in [0.1, 0.15) is 59.1 Å². The molecule has 3 amide bonds. The molecule has 232 valence electrons. The molecule has 0 saturated carbocycles. The Bertz CT molecular complexity index is 1740. The van der Waals surface area contributed by atoms with Crippen LogP contribution in [-0.4, -0.2) is 62.6 Å². The van der Waals surface area contributed by atoms with Crippen LogP contribution in [0.5, 0.6) is 0 Å². The topological polar surface area (TPSA) is 126 Å². The van der Waals surface area contributed by atoms with Gasteiger partial charge in [0.05, 0.1) is 11.0 Å². The number of alkyl carbamates (subject to hydrolysis) is 1. The zero-order valence-corrected chi connectivity index (χ0v) is 26.0. The fourth-order valence-corrected chi connectivity index (χ4v) is 5.76. The number of piperidine rings is 1. The SMILES string of the molecule is CC(C)(C)OC(=O)NC(C)(C)C(=O)N[C@H](Cc1ccc2ccccc2c1)C(=O)N1CCC(n2c(=O)[nH]c3ccccc32)CC1. The number of likely N-dealkylation sites (tertiary alicyclic amines) is 1. The van der Waals surface area contributed by atoms with Crippen LogP contribution in [0.15, 0.2) is 71.5 Å². The van der Waals surface area contributed by atoms with Crippen LogP contribution in [0.4, 0.5) is 4.79 Å². The maximum Gasteiger partial charge on any atom is 0.408 e. The first-order chi connectivity index (χ1) is 20.8. The monoisotopic (exact) mass is 599 g/mol. The van der Waals surface area contributed by atoms with Gasteiger partial charge in [-0.15, -0.1) is 0 Å². The van der Waals surface area contributed by atoms with E-state index in [9.17, 15) is 19.2 Å². The summed E-state index contributed by atoms with van der Waals surface area (Å²) < 4.78 is 7.14. The summed E-state index contributed by atoms with van der Waals surface area (Å²) in [4.78, 5) is 57.5. The van der Waals surface area contributed by atoms with E-state index in [1.807, 2.05) is 66.7 Å². The Morgan fingerprint density at radius 1 is 0.932 bits per heavy atom. The molecule has 3 aromatic carbocycles. The second-order valence-corrected chi connectivity index (χ2v) is 13.0. The fourth-order valence-electron chi connectivity index (χ4n) is 5.76. The van der Waals surface area contributed by atoms with Gasteiger partial charge in [0, 0.05) is 25.6 Å². The third-order valence-electron chi connectivity index (χ3n) is 8.00. The van der Waals surface area contributed by atoms with Gasteiger partial charge in [0.2, 0.25) is 11.8 Å². The molecular formula is C34H41N5O5. The number of fused-ring (bicyclic) bond motifs is 2. The molecule has 0 radical (unpaired) electrons. The zero-order chi connectivity index (χ0) is 31.6. The van der Waals surface area contributed by atoms with Gasteiger partial charge in [-0.05, 0) is 75.9 Å². The summed E-state index contributed by atoms with van der Waals surface area (Å²) in [6.07, 6.45) is 0.774. The lowest BCUT2D eigenvalue weighted by molar-refractivity contribution is -0.138. The molecule has 1 aromatic heterocycles. The van der Waals surface area contributed by atoms with Gasteiger partial charge >= 0.3 is 11.8 Å². The number of aromatic amines is 1. The molecule has 0 spiro atoms. The molecule has 1 saturated heterocycles. The van der Waals surface area contributed by atoms with Crippen LogP contribution in [-0.2, 0) is 20.7 Å². The van der Waals surface area contributed by atoms with Crippen molar-refractivity contribution in [1.29, 1.82) is 0 Å². The molecule has 5 rings (SSSR count). The lowest BCUT2D eigenvalue weighted by Crippen LogP contribution is -2.60. The van der Waals surface area contributed by atoms with E-state index in [2.05, 4.69) is 15.6 Å². The van der Waals surface area contributed by atoms with Crippen molar-refractivity contribution >= 4 is 39.7 Å². The Morgan fingerprint density at radius 3 is 2.30 bits per heavy atom. The largest absolute Gasteiger partial charge is 0.444 e. The van der Waals surface area contributed by atoms with Crippen LogP contribution in [0.3, 0.4) is 0 Å². The number of H-pyrrole nitrogens is 1. The number of carbonyl (C=O) groups excluding carboxylic acids is 3. The van der Waals surface area contributed by atoms with E-state index < -0.39 is 29.2 Å². The van der Waals surface area contributed by atoms with E-state index in [-0.39, 0.29) is 24.1 Å². The van der Waals surface area contributed by atoms with Crippen LogP contribution in [0.2, 0.25) is 0 Å². The predicted octanol–water partition coefficient (Wildman–Crippen LogP) is 4.68. The highest BCUT2D eigenvalue weighted by atomic mass is 16.6. The van der Waals surface area contributed by atoms with E-state index in [0.29, 0.717) is 25.9 Å². The minimum absolute atomic E-state index is 0.0480. The Balaban J connectivity index is 1.34. The molecule has 10 nitrogen and oxygen atoms in total. The zero-order valence-electron chi connectivity index (χ0n) is 26.0. The Labute approximate surface area is 256 Å². The molecule has 0 aliphatic carbocycles. The number of hydrogen-bond donors (Lipinski definition) is 3. The highest BCUT2D eigenvalue weighted by Gasteiger charge is 2.36. The van der Waals surface area contributed by atoms with Crippen molar-refractivity contribution in [2.45, 2.75) is 77.1 Å². The molecule has 1 aliphatic rings. The van der Waals surface area contributed by atoms with Gasteiger partial charge in [-0.3, -0.25) is 14.2 Å². The minimum atomic E-state index is -1.34. The first kappa shape index (κ1) is 30.8. The van der Waals surface area contributed by atoms with E-state index in [4.69, 9.17) is 4.74 Å². The highest BCUT2D eigenvalue weighted by Crippen LogP contribution is 2.26. The predicted molar refractivity (Wildman–Crippen MR) is 170 cm³/mol. The van der Waals surface area contributed by atoms with E-state index in [1.165, 1.54) is 0 Å². The molecule has 10 heteroatoms. The summed E-state index contributed by atoms with van der Waals surface area (Å²) in [5, 5.41) is 7.69. The number of nitrogens with one attached hydrogen (secondary N) is 3. The van der Waals surface area contributed by atoms with Crippen molar-refractivity contribution in [3.8, 4) is 0 Å². The standard InChI is InChI=1S/C34H41N5O5/c1-33(2,3)44-32(43)37-34(4,5)30(41)35-27(21-22-14-15-23-10-6-7-11-24(23)20-22)29(40)38-18-16-25(17-19-38)39-28-13-9-8-12-26(28)36-31(39)42/h6-15,20,25,27H,16-19,21H2,1-5H3,(H,35,41)(H,36,42)(H,37,43)/t27-/m1/s1. The maximum atomic E-state index is 14.0. The maximum absolute atomic E-state index is 14.0. The normalized spacial score (nSPS) is 15.2. The number of benzene rings is 3. The lowest BCUT2D eigenvalue weighted by Gasteiger charge is -2.36. The molecule has 1 aliphatic heterocycles. The van der Waals surface area contributed by atoms with Crippen molar-refractivity contribution in [1.82, 2.24) is 25.1 Å². The third kappa shape index (κ3) is 6.96. The molecule has 1 atom stereocenters. The van der Waals surface area contributed by atoms with Gasteiger partial charge in [0.1, 0.15) is 17.2 Å². The lowest BCUT2D eigenvalue weighted by atomic mass is 9.97. The first-order valence-electron chi connectivity index (χ1n) is 15.1.